The SMILES string of the molecule is Cc1cc(C(O)O)ccc1N1CCC2NC(c3c(F)cccc3F)CC2C1. The van der Waals surface area contributed by atoms with Gasteiger partial charge in [0.25, 0.3) is 0 Å². The van der Waals surface area contributed by atoms with Crippen molar-refractivity contribution in [1.82, 2.24) is 5.32 Å². The van der Waals surface area contributed by atoms with Gasteiger partial charge < -0.3 is 20.4 Å². The summed E-state index contributed by atoms with van der Waals surface area (Å²) >= 11 is 0. The van der Waals surface area contributed by atoms with Gasteiger partial charge in [0.15, 0.2) is 6.29 Å². The van der Waals surface area contributed by atoms with Crippen LogP contribution < -0.4 is 10.2 Å². The number of piperidine rings is 1. The van der Waals surface area contributed by atoms with E-state index in [0.29, 0.717) is 17.9 Å². The molecule has 4 rings (SSSR count). The molecule has 3 atom stereocenters. The Morgan fingerprint density at radius 2 is 1.89 bits per heavy atom. The molecule has 0 aliphatic carbocycles. The minimum absolute atomic E-state index is 0.149. The monoisotopic (exact) mass is 374 g/mol. The van der Waals surface area contributed by atoms with Crippen molar-refractivity contribution in [2.24, 2.45) is 5.92 Å². The highest BCUT2D eigenvalue weighted by atomic mass is 19.1. The largest absolute Gasteiger partial charge is 0.371 e. The van der Waals surface area contributed by atoms with Crippen molar-refractivity contribution in [3.63, 3.8) is 0 Å². The lowest BCUT2D eigenvalue weighted by molar-refractivity contribution is -0.0425. The molecule has 2 aromatic rings. The van der Waals surface area contributed by atoms with E-state index in [4.69, 9.17) is 0 Å². The van der Waals surface area contributed by atoms with Crippen molar-refractivity contribution in [2.75, 3.05) is 18.0 Å². The van der Waals surface area contributed by atoms with Crippen molar-refractivity contribution in [3.05, 3.63) is 64.7 Å². The summed E-state index contributed by atoms with van der Waals surface area (Å²) in [6.45, 7) is 3.62. The number of aryl methyl sites for hydroxylation is 1. The molecule has 2 saturated heterocycles. The Kier molecular flexibility index (Phi) is 4.88. The van der Waals surface area contributed by atoms with E-state index in [2.05, 4.69) is 10.2 Å². The third-order valence-electron chi connectivity index (χ3n) is 5.90. The number of rotatable bonds is 3. The number of aliphatic hydroxyl groups is 2. The van der Waals surface area contributed by atoms with E-state index in [-0.39, 0.29) is 17.6 Å². The lowest BCUT2D eigenvalue weighted by Gasteiger charge is -2.37. The molecule has 0 bridgehead atoms. The van der Waals surface area contributed by atoms with Crippen LogP contribution in [0.2, 0.25) is 0 Å². The Bertz CT molecular complexity index is 823. The van der Waals surface area contributed by atoms with Gasteiger partial charge in [0, 0.05) is 42.0 Å². The molecule has 27 heavy (non-hydrogen) atoms. The van der Waals surface area contributed by atoms with E-state index in [0.717, 1.165) is 30.8 Å². The third-order valence-corrected chi connectivity index (χ3v) is 5.90. The zero-order chi connectivity index (χ0) is 19.1. The Morgan fingerprint density at radius 3 is 2.56 bits per heavy atom. The van der Waals surface area contributed by atoms with E-state index < -0.39 is 17.9 Å². The molecule has 2 aliphatic rings. The average Bonchev–Trinajstić information content (AvgIpc) is 3.04. The quantitative estimate of drug-likeness (QED) is 0.723. The number of hydrogen-bond donors (Lipinski definition) is 3. The molecular weight excluding hydrogens is 350 g/mol. The van der Waals surface area contributed by atoms with Crippen molar-refractivity contribution in [3.8, 4) is 0 Å². The first-order chi connectivity index (χ1) is 12.9. The van der Waals surface area contributed by atoms with Crippen LogP contribution in [0.5, 0.6) is 0 Å². The lowest BCUT2D eigenvalue weighted by atomic mass is 9.90. The highest BCUT2D eigenvalue weighted by Crippen LogP contribution is 2.39. The zero-order valence-corrected chi connectivity index (χ0v) is 15.2. The molecule has 0 spiro atoms. The summed E-state index contributed by atoms with van der Waals surface area (Å²) in [5.41, 5.74) is 2.68. The summed E-state index contributed by atoms with van der Waals surface area (Å²) < 4.78 is 28.3. The topological polar surface area (TPSA) is 55.7 Å². The first-order valence-electron chi connectivity index (χ1n) is 9.35. The molecule has 2 aromatic carbocycles. The second kappa shape index (κ2) is 7.19. The van der Waals surface area contributed by atoms with Gasteiger partial charge in [-0.1, -0.05) is 12.1 Å². The van der Waals surface area contributed by atoms with Gasteiger partial charge in [-0.25, -0.2) is 8.78 Å². The molecule has 0 saturated carbocycles. The summed E-state index contributed by atoms with van der Waals surface area (Å²) in [7, 11) is 0. The van der Waals surface area contributed by atoms with Gasteiger partial charge in [-0.05, 0) is 55.5 Å². The second-order valence-electron chi connectivity index (χ2n) is 7.61. The fourth-order valence-electron chi connectivity index (χ4n) is 4.58. The molecule has 2 aliphatic heterocycles. The molecule has 2 heterocycles. The van der Waals surface area contributed by atoms with Gasteiger partial charge in [-0.3, -0.25) is 0 Å². The maximum Gasteiger partial charge on any atom is 0.178 e. The molecule has 6 heteroatoms. The zero-order valence-electron chi connectivity index (χ0n) is 15.2. The molecule has 0 amide bonds. The van der Waals surface area contributed by atoms with Crippen LogP contribution in [0.15, 0.2) is 36.4 Å². The Balaban J connectivity index is 1.51. The Hall–Kier alpha value is -2.02. The molecule has 2 fully saturated rings. The van der Waals surface area contributed by atoms with Gasteiger partial charge in [0.1, 0.15) is 11.6 Å². The summed E-state index contributed by atoms with van der Waals surface area (Å²) in [4.78, 5) is 2.28. The molecular formula is C21H24F2N2O2. The van der Waals surface area contributed by atoms with Gasteiger partial charge in [0.2, 0.25) is 0 Å². The van der Waals surface area contributed by atoms with Crippen LogP contribution in [0.1, 0.15) is 41.9 Å². The van der Waals surface area contributed by atoms with Crippen LogP contribution in [0.4, 0.5) is 14.5 Å². The van der Waals surface area contributed by atoms with E-state index in [1.807, 2.05) is 13.0 Å². The number of nitrogens with one attached hydrogen (secondary N) is 1. The maximum absolute atomic E-state index is 14.1. The third kappa shape index (κ3) is 3.45. The molecule has 3 unspecified atom stereocenters. The van der Waals surface area contributed by atoms with E-state index >= 15 is 0 Å². The number of nitrogens with zero attached hydrogens (tertiary/aromatic N) is 1. The summed E-state index contributed by atoms with van der Waals surface area (Å²) in [5, 5.41) is 22.1. The van der Waals surface area contributed by atoms with E-state index in [1.165, 1.54) is 18.2 Å². The smallest absolute Gasteiger partial charge is 0.178 e. The number of anilines is 1. The molecule has 144 valence electrons. The van der Waals surface area contributed by atoms with Gasteiger partial charge in [-0.15, -0.1) is 0 Å². The summed E-state index contributed by atoms with van der Waals surface area (Å²) in [6, 6.07) is 9.41. The summed E-state index contributed by atoms with van der Waals surface area (Å²) in [5.74, 6) is -0.667. The van der Waals surface area contributed by atoms with Crippen LogP contribution in [-0.4, -0.2) is 29.3 Å². The van der Waals surface area contributed by atoms with E-state index in [1.54, 1.807) is 12.1 Å². The number of benzene rings is 2. The fourth-order valence-corrected chi connectivity index (χ4v) is 4.58. The number of aliphatic hydroxyl groups excluding tert-OH is 1. The van der Waals surface area contributed by atoms with Crippen LogP contribution in [0.25, 0.3) is 0 Å². The average molecular weight is 374 g/mol. The van der Waals surface area contributed by atoms with Gasteiger partial charge in [0.05, 0.1) is 0 Å². The number of halogens is 2. The maximum atomic E-state index is 14.1. The first-order valence-corrected chi connectivity index (χ1v) is 9.35. The van der Waals surface area contributed by atoms with Crippen molar-refractivity contribution < 1.29 is 19.0 Å². The minimum atomic E-state index is -1.47. The molecule has 0 radical (unpaired) electrons. The van der Waals surface area contributed by atoms with Crippen LogP contribution in [0, 0.1) is 24.5 Å². The van der Waals surface area contributed by atoms with Crippen molar-refractivity contribution >= 4 is 5.69 Å². The number of hydrogen-bond acceptors (Lipinski definition) is 4. The normalized spacial score (nSPS) is 25.1. The molecule has 3 N–H and O–H groups in total. The van der Waals surface area contributed by atoms with Crippen molar-refractivity contribution in [1.29, 1.82) is 0 Å². The lowest BCUT2D eigenvalue weighted by Crippen LogP contribution is -2.44. The predicted molar refractivity (Wildman–Crippen MR) is 99.3 cm³/mol. The Labute approximate surface area is 157 Å². The van der Waals surface area contributed by atoms with Crippen LogP contribution in [-0.2, 0) is 0 Å². The Morgan fingerprint density at radius 1 is 1.15 bits per heavy atom. The van der Waals surface area contributed by atoms with Crippen LogP contribution >= 0.6 is 0 Å². The number of fused-ring (bicyclic) bond motifs is 1. The predicted octanol–water partition coefficient (Wildman–Crippen LogP) is 3.19. The van der Waals surface area contributed by atoms with Crippen molar-refractivity contribution in [2.45, 2.75) is 38.1 Å². The standard InChI is InChI=1S/C21H24F2N2O2/c1-12-9-13(21(26)27)5-6-19(12)25-8-7-17-14(11-25)10-18(24-17)20-15(22)3-2-4-16(20)23/h2-6,9,14,17-18,21,24,26-27H,7-8,10-11H2,1H3. The van der Waals surface area contributed by atoms with Crippen LogP contribution in [0.3, 0.4) is 0 Å². The molecule has 4 nitrogen and oxygen atoms in total. The first kappa shape index (κ1) is 18.3. The second-order valence-corrected chi connectivity index (χ2v) is 7.61. The van der Waals surface area contributed by atoms with Gasteiger partial charge >= 0.3 is 0 Å². The van der Waals surface area contributed by atoms with E-state index in [9.17, 15) is 19.0 Å². The summed E-state index contributed by atoms with van der Waals surface area (Å²) in [6.07, 6.45) is 0.131. The fraction of sp³-hybridized carbons (Fsp3) is 0.429. The minimum Gasteiger partial charge on any atom is -0.371 e. The highest BCUT2D eigenvalue weighted by Gasteiger charge is 2.40. The molecule has 0 aromatic heterocycles. The van der Waals surface area contributed by atoms with Gasteiger partial charge in [-0.2, -0.15) is 0 Å². The highest BCUT2D eigenvalue weighted by molar-refractivity contribution is 5.55.